The maximum Gasteiger partial charge on any atom is 0.130 e. The van der Waals surface area contributed by atoms with Crippen molar-refractivity contribution in [3.05, 3.63) is 0 Å². The van der Waals surface area contributed by atoms with E-state index in [1.807, 2.05) is 0 Å². The highest BCUT2D eigenvalue weighted by atomic mass is 32.1. The summed E-state index contributed by atoms with van der Waals surface area (Å²) in [6, 6.07) is 0.478. The summed E-state index contributed by atoms with van der Waals surface area (Å²) in [5.41, 5.74) is 0. The normalized spacial score (nSPS) is 12.6. The molecule has 0 rings (SSSR count). The van der Waals surface area contributed by atoms with Crippen LogP contribution in [0.25, 0.3) is 0 Å². The first-order chi connectivity index (χ1) is 5.16. The maximum absolute atomic E-state index is 4.80. The van der Waals surface area contributed by atoms with Crippen LogP contribution in [0.5, 0.6) is 0 Å². The Bertz CT molecular complexity index is 115. The van der Waals surface area contributed by atoms with Gasteiger partial charge in [-0.1, -0.05) is 38.4 Å². The summed E-state index contributed by atoms with van der Waals surface area (Å²) in [7, 11) is 0. The highest BCUT2D eigenvalue weighted by molar-refractivity contribution is 8.11. The third-order valence-electron chi connectivity index (χ3n) is 1.61. The molecular formula is C8H17NS2. The van der Waals surface area contributed by atoms with Gasteiger partial charge in [-0.3, -0.25) is 0 Å². The lowest BCUT2D eigenvalue weighted by Crippen LogP contribution is -2.27. The van der Waals surface area contributed by atoms with E-state index in [0.717, 1.165) is 0 Å². The Balaban J connectivity index is 3.22. The molecule has 0 radical (unpaired) electrons. The van der Waals surface area contributed by atoms with E-state index in [9.17, 15) is 0 Å². The van der Waals surface area contributed by atoms with Crippen LogP contribution >= 0.6 is 24.8 Å². The van der Waals surface area contributed by atoms with E-state index in [2.05, 4.69) is 31.8 Å². The zero-order valence-electron chi connectivity index (χ0n) is 7.26. The molecule has 0 spiro atoms. The molecule has 66 valence electrons. The lowest BCUT2D eigenvalue weighted by Gasteiger charge is -2.12. The van der Waals surface area contributed by atoms with Crippen LogP contribution in [-0.4, -0.2) is 10.4 Å². The maximum atomic E-state index is 4.80. The van der Waals surface area contributed by atoms with Gasteiger partial charge in [0, 0.05) is 6.04 Å². The first-order valence-electron chi connectivity index (χ1n) is 4.16. The molecular weight excluding hydrogens is 174 g/mol. The molecule has 11 heavy (non-hydrogen) atoms. The number of hydrogen-bond acceptors (Lipinski definition) is 1. The molecule has 0 heterocycles. The van der Waals surface area contributed by atoms with E-state index in [0.29, 0.717) is 10.4 Å². The molecule has 1 nitrogen and oxygen atoms in total. The van der Waals surface area contributed by atoms with Gasteiger partial charge in [0.1, 0.15) is 4.32 Å². The Kier molecular flexibility index (Phi) is 7.07. The number of nitrogens with one attached hydrogen (secondary N) is 1. The molecule has 1 N–H and O–H groups in total. The van der Waals surface area contributed by atoms with Gasteiger partial charge in [0.05, 0.1) is 0 Å². The second kappa shape index (κ2) is 6.92. The fraction of sp³-hybridized carbons (Fsp3) is 0.875. The molecule has 0 saturated carbocycles. The van der Waals surface area contributed by atoms with E-state index in [1.54, 1.807) is 0 Å². The fourth-order valence-corrected chi connectivity index (χ4v) is 1.41. The van der Waals surface area contributed by atoms with Gasteiger partial charge in [0.2, 0.25) is 0 Å². The molecule has 0 aliphatic carbocycles. The fourth-order valence-electron chi connectivity index (χ4n) is 0.983. The van der Waals surface area contributed by atoms with E-state index in [4.69, 9.17) is 12.2 Å². The van der Waals surface area contributed by atoms with Gasteiger partial charge >= 0.3 is 0 Å². The molecule has 0 aliphatic heterocycles. The minimum Gasteiger partial charge on any atom is -0.369 e. The van der Waals surface area contributed by atoms with Crippen LogP contribution in [0.1, 0.15) is 39.5 Å². The number of hydrogen-bond donors (Lipinski definition) is 2. The molecule has 0 bridgehead atoms. The second-order valence-corrected chi connectivity index (χ2v) is 4.00. The van der Waals surface area contributed by atoms with Gasteiger partial charge in [0.25, 0.3) is 0 Å². The van der Waals surface area contributed by atoms with E-state index < -0.39 is 0 Å². The van der Waals surface area contributed by atoms with Crippen molar-refractivity contribution in [1.82, 2.24) is 5.32 Å². The van der Waals surface area contributed by atoms with Gasteiger partial charge < -0.3 is 5.32 Å². The van der Waals surface area contributed by atoms with Crippen LogP contribution in [0, 0.1) is 0 Å². The summed E-state index contributed by atoms with van der Waals surface area (Å²) >= 11 is 8.81. The molecule has 1 atom stereocenters. The van der Waals surface area contributed by atoms with Crippen molar-refractivity contribution in [1.29, 1.82) is 0 Å². The van der Waals surface area contributed by atoms with Crippen LogP contribution in [0.3, 0.4) is 0 Å². The second-order valence-electron chi connectivity index (χ2n) is 2.85. The Morgan fingerprint density at radius 3 is 2.64 bits per heavy atom. The quantitative estimate of drug-likeness (QED) is 0.394. The SMILES string of the molecule is CCCCCC(C)NC(=S)S. The smallest absolute Gasteiger partial charge is 0.130 e. The molecule has 3 heteroatoms. The Morgan fingerprint density at radius 2 is 2.18 bits per heavy atom. The van der Waals surface area contributed by atoms with Crippen molar-refractivity contribution in [3.8, 4) is 0 Å². The van der Waals surface area contributed by atoms with Crippen molar-refractivity contribution in [3.63, 3.8) is 0 Å². The van der Waals surface area contributed by atoms with Crippen molar-refractivity contribution in [2.75, 3.05) is 0 Å². The lowest BCUT2D eigenvalue weighted by molar-refractivity contribution is 0.559. The Hall–Kier alpha value is 0.240. The number of thiol groups is 1. The predicted octanol–water partition coefficient (Wildman–Crippen LogP) is 2.76. The minimum atomic E-state index is 0.478. The highest BCUT2D eigenvalue weighted by Crippen LogP contribution is 2.02. The van der Waals surface area contributed by atoms with Crippen LogP contribution in [0.15, 0.2) is 0 Å². The van der Waals surface area contributed by atoms with Crippen LogP contribution in [0.2, 0.25) is 0 Å². The highest BCUT2D eigenvalue weighted by Gasteiger charge is 1.99. The van der Waals surface area contributed by atoms with Crippen molar-refractivity contribution >= 4 is 29.2 Å². The monoisotopic (exact) mass is 191 g/mol. The number of rotatable bonds is 5. The zero-order valence-corrected chi connectivity index (χ0v) is 8.97. The van der Waals surface area contributed by atoms with Crippen LogP contribution in [0.4, 0.5) is 0 Å². The zero-order chi connectivity index (χ0) is 8.69. The Labute approximate surface area is 80.4 Å². The summed E-state index contributed by atoms with van der Waals surface area (Å²) in [4.78, 5) is 0. The Morgan fingerprint density at radius 1 is 1.55 bits per heavy atom. The third-order valence-corrected chi connectivity index (χ3v) is 1.86. The van der Waals surface area contributed by atoms with Gasteiger partial charge in [-0.25, -0.2) is 0 Å². The molecule has 0 aliphatic rings. The van der Waals surface area contributed by atoms with Crippen molar-refractivity contribution in [2.45, 2.75) is 45.6 Å². The molecule has 0 aromatic heterocycles. The summed E-state index contributed by atoms with van der Waals surface area (Å²) in [6.45, 7) is 4.35. The third kappa shape index (κ3) is 8.14. The molecule has 1 unspecified atom stereocenters. The van der Waals surface area contributed by atoms with E-state index >= 15 is 0 Å². The average molecular weight is 191 g/mol. The first kappa shape index (κ1) is 11.2. The van der Waals surface area contributed by atoms with Crippen molar-refractivity contribution in [2.24, 2.45) is 0 Å². The topological polar surface area (TPSA) is 12.0 Å². The molecule has 0 aromatic rings. The van der Waals surface area contributed by atoms with Crippen LogP contribution in [-0.2, 0) is 0 Å². The summed E-state index contributed by atoms with van der Waals surface area (Å²) in [5, 5.41) is 3.10. The molecule has 0 aromatic carbocycles. The molecule has 0 saturated heterocycles. The van der Waals surface area contributed by atoms with Gasteiger partial charge in [-0.15, -0.1) is 12.6 Å². The van der Waals surface area contributed by atoms with Crippen LogP contribution < -0.4 is 5.32 Å². The van der Waals surface area contributed by atoms with Crippen molar-refractivity contribution < 1.29 is 0 Å². The van der Waals surface area contributed by atoms with Gasteiger partial charge in [-0.2, -0.15) is 0 Å². The number of thiocarbonyl (C=S) groups is 1. The first-order valence-corrected chi connectivity index (χ1v) is 5.01. The molecule has 0 amide bonds. The van der Waals surface area contributed by atoms with Gasteiger partial charge in [-0.05, 0) is 13.3 Å². The largest absolute Gasteiger partial charge is 0.369 e. The predicted molar refractivity (Wildman–Crippen MR) is 58.3 cm³/mol. The summed E-state index contributed by atoms with van der Waals surface area (Å²) in [5.74, 6) is 0. The summed E-state index contributed by atoms with van der Waals surface area (Å²) in [6.07, 6.45) is 5.05. The van der Waals surface area contributed by atoms with Gasteiger partial charge in [0.15, 0.2) is 0 Å². The average Bonchev–Trinajstić information content (AvgIpc) is 1.86. The molecule has 0 fully saturated rings. The minimum absolute atomic E-state index is 0.478. The van der Waals surface area contributed by atoms with E-state index in [1.165, 1.54) is 25.7 Å². The summed E-state index contributed by atoms with van der Waals surface area (Å²) < 4.78 is 0.606. The number of unbranched alkanes of at least 4 members (excludes halogenated alkanes) is 2. The lowest BCUT2D eigenvalue weighted by atomic mass is 10.1. The standard InChI is InChI=1S/C8H17NS2/c1-3-4-5-6-7(2)9-8(10)11/h7H,3-6H2,1-2H3,(H2,9,10,11). The van der Waals surface area contributed by atoms with E-state index in [-0.39, 0.29) is 0 Å².